The monoisotopic (exact) mass is 794 g/mol. The molecule has 13 nitrogen and oxygen atoms in total. The Morgan fingerprint density at radius 2 is 1.79 bits per heavy atom. The van der Waals surface area contributed by atoms with E-state index in [-0.39, 0.29) is 49.3 Å². The van der Waals surface area contributed by atoms with Gasteiger partial charge < -0.3 is 40.7 Å². The number of aliphatic hydroxyl groups is 1. The number of benzene rings is 1. The summed E-state index contributed by atoms with van der Waals surface area (Å²) in [5.41, 5.74) is 8.71. The second-order valence-electron chi connectivity index (χ2n) is 17.0. The Kier molecular flexibility index (Phi) is 15.8. The van der Waals surface area contributed by atoms with E-state index < -0.39 is 35.1 Å². The smallest absolute Gasteiger partial charge is 0.410 e. The van der Waals surface area contributed by atoms with E-state index in [9.17, 15) is 24.3 Å². The minimum atomic E-state index is -0.914. The number of ether oxygens (including phenoxy) is 2. The summed E-state index contributed by atoms with van der Waals surface area (Å²) in [5, 5.41) is 16.5. The molecule has 1 aromatic carbocycles. The third-order valence-electron chi connectivity index (χ3n) is 9.84. The molecule has 0 spiro atoms. The van der Waals surface area contributed by atoms with Gasteiger partial charge in [0.15, 0.2) is 0 Å². The van der Waals surface area contributed by atoms with Gasteiger partial charge >= 0.3 is 6.09 Å². The summed E-state index contributed by atoms with van der Waals surface area (Å²) in [6.45, 7) is 15.9. The lowest BCUT2D eigenvalue weighted by Gasteiger charge is -2.48. The number of aliphatic hydroxyl groups excluding tert-OH is 1. The van der Waals surface area contributed by atoms with Gasteiger partial charge in [-0.3, -0.25) is 14.4 Å². The number of hydrogen-bond donors (Lipinski definition) is 4. The highest BCUT2D eigenvalue weighted by atomic mass is 32.1. The van der Waals surface area contributed by atoms with Gasteiger partial charge in [-0.1, -0.05) is 69.3 Å². The molecule has 4 amide bonds. The Balaban J connectivity index is 1.33. The van der Waals surface area contributed by atoms with Crippen LogP contribution in [-0.4, -0.2) is 107 Å². The number of nitrogens with two attached hydrogens (primary N) is 1. The molecule has 0 unspecified atom stereocenters. The SMILES string of the molecule is Cc1ncsc1-c1ccc(CNC(=O)[C@@H]2C[C@@H](O)CN2C(=O)[C@@H](NC(=O)CC/C=C/C2(CC/C=C/COCCN)CN(C(=O)OC(C)(C)C)C2)C(C)(C)C)cc1. The Morgan fingerprint density at radius 3 is 2.41 bits per heavy atom. The quantitative estimate of drug-likeness (QED) is 0.125. The fraction of sp³-hybridized carbons (Fsp3) is 0.595. The number of likely N-dealkylation sites (tertiary alicyclic amines) is 2. The number of hydrogen-bond acceptors (Lipinski definition) is 10. The minimum Gasteiger partial charge on any atom is -0.444 e. The number of aromatic nitrogens is 1. The zero-order valence-corrected chi connectivity index (χ0v) is 35.0. The number of carbonyl (C=O) groups is 4. The fourth-order valence-electron chi connectivity index (χ4n) is 6.87. The van der Waals surface area contributed by atoms with Gasteiger partial charge in [-0.05, 0) is 63.5 Å². The average Bonchev–Trinajstić information content (AvgIpc) is 3.73. The molecule has 56 heavy (non-hydrogen) atoms. The Morgan fingerprint density at radius 1 is 1.07 bits per heavy atom. The van der Waals surface area contributed by atoms with E-state index in [1.54, 1.807) is 16.2 Å². The van der Waals surface area contributed by atoms with Gasteiger partial charge in [-0.15, -0.1) is 11.3 Å². The third kappa shape index (κ3) is 13.0. The highest BCUT2D eigenvalue weighted by molar-refractivity contribution is 7.13. The molecule has 5 N–H and O–H groups in total. The van der Waals surface area contributed by atoms with Crippen LogP contribution < -0.4 is 16.4 Å². The van der Waals surface area contributed by atoms with Crippen LogP contribution in [0.5, 0.6) is 0 Å². The van der Waals surface area contributed by atoms with Gasteiger partial charge in [-0.25, -0.2) is 9.78 Å². The highest BCUT2D eigenvalue weighted by Gasteiger charge is 2.45. The molecule has 308 valence electrons. The van der Waals surface area contributed by atoms with Gasteiger partial charge in [0.25, 0.3) is 0 Å². The first-order valence-corrected chi connectivity index (χ1v) is 20.4. The molecule has 2 aliphatic heterocycles. The Labute approximate surface area is 336 Å². The average molecular weight is 795 g/mol. The minimum absolute atomic E-state index is 0.00329. The molecule has 0 bridgehead atoms. The second-order valence-corrected chi connectivity index (χ2v) is 17.8. The van der Waals surface area contributed by atoms with E-state index in [1.165, 1.54) is 4.90 Å². The number of amides is 4. The van der Waals surface area contributed by atoms with Crippen LogP contribution >= 0.6 is 11.3 Å². The number of nitrogens with zero attached hydrogens (tertiary/aromatic N) is 3. The largest absolute Gasteiger partial charge is 0.444 e. The van der Waals surface area contributed by atoms with Crippen molar-refractivity contribution in [3.8, 4) is 10.4 Å². The van der Waals surface area contributed by atoms with E-state index >= 15 is 0 Å². The molecule has 4 rings (SSSR count). The van der Waals surface area contributed by atoms with Crippen molar-refractivity contribution in [2.75, 3.05) is 39.4 Å². The van der Waals surface area contributed by atoms with Crippen molar-refractivity contribution in [2.45, 2.75) is 111 Å². The van der Waals surface area contributed by atoms with Crippen molar-refractivity contribution in [1.82, 2.24) is 25.4 Å². The summed E-state index contributed by atoms with van der Waals surface area (Å²) >= 11 is 1.58. The molecule has 2 aromatic rings. The molecule has 3 atom stereocenters. The standard InChI is InChI=1S/C42H62N6O7S/c1-29-35(56-28-45-29)31-16-14-30(15-17-31)24-44-37(51)33-23-32(49)25-48(33)38(52)36(40(2,3)4)46-34(50)13-9-11-19-42(18-10-8-12-21-54-22-20-43)26-47(27-42)39(53)55-41(5,6)7/h8,11-12,14-17,19,28,32-33,36,49H,9-10,13,18,20-27,43H2,1-7H3,(H,44,51)(H,46,50)/b12-8+,19-11+/t32-,33+,36-/m1/s1. The van der Waals surface area contributed by atoms with E-state index in [1.807, 2.05) is 90.4 Å². The van der Waals surface area contributed by atoms with Crippen LogP contribution in [-0.2, 0) is 30.4 Å². The summed E-state index contributed by atoms with van der Waals surface area (Å²) < 4.78 is 11.0. The maximum Gasteiger partial charge on any atom is 0.410 e. The summed E-state index contributed by atoms with van der Waals surface area (Å²) in [4.78, 5) is 62.1. The van der Waals surface area contributed by atoms with Crippen molar-refractivity contribution in [2.24, 2.45) is 16.6 Å². The molecule has 2 fully saturated rings. The number of β-amino-alcohol motifs (C(OH)–C–C–N with tert-alkyl or cyclic N) is 1. The molecule has 0 radical (unpaired) electrons. The lowest BCUT2D eigenvalue weighted by molar-refractivity contribution is -0.144. The molecule has 2 saturated heterocycles. The lowest BCUT2D eigenvalue weighted by Crippen LogP contribution is -2.58. The number of carbonyl (C=O) groups excluding carboxylic acids is 4. The Hall–Kier alpha value is -4.11. The van der Waals surface area contributed by atoms with Crippen LogP contribution in [0.4, 0.5) is 4.79 Å². The molecular weight excluding hydrogens is 733 g/mol. The molecule has 2 aliphatic rings. The van der Waals surface area contributed by atoms with Crippen molar-refractivity contribution in [1.29, 1.82) is 0 Å². The predicted octanol–water partition coefficient (Wildman–Crippen LogP) is 5.11. The number of aryl methyl sites for hydroxylation is 1. The van der Waals surface area contributed by atoms with Crippen LogP contribution in [0.15, 0.2) is 54.1 Å². The first-order chi connectivity index (χ1) is 26.4. The first-order valence-electron chi connectivity index (χ1n) is 19.5. The molecule has 3 heterocycles. The van der Waals surface area contributed by atoms with Crippen LogP contribution in [0.3, 0.4) is 0 Å². The topological polar surface area (TPSA) is 176 Å². The van der Waals surface area contributed by atoms with Crippen molar-refractivity contribution >= 4 is 35.2 Å². The van der Waals surface area contributed by atoms with Crippen molar-refractivity contribution in [3.63, 3.8) is 0 Å². The molecular formula is C42H62N6O7S. The van der Waals surface area contributed by atoms with Gasteiger partial charge in [-0.2, -0.15) is 0 Å². The third-order valence-corrected chi connectivity index (χ3v) is 10.8. The Bertz CT molecular complexity index is 1690. The lowest BCUT2D eigenvalue weighted by atomic mass is 9.75. The summed E-state index contributed by atoms with van der Waals surface area (Å²) in [7, 11) is 0. The van der Waals surface area contributed by atoms with Crippen LogP contribution in [0, 0.1) is 17.8 Å². The zero-order valence-electron chi connectivity index (χ0n) is 34.1. The predicted molar refractivity (Wildman–Crippen MR) is 219 cm³/mol. The maximum atomic E-state index is 14.1. The highest BCUT2D eigenvalue weighted by Crippen LogP contribution is 2.38. The number of nitrogens with one attached hydrogen (secondary N) is 2. The fourth-order valence-corrected chi connectivity index (χ4v) is 7.68. The molecule has 0 aliphatic carbocycles. The van der Waals surface area contributed by atoms with Crippen LogP contribution in [0.25, 0.3) is 10.4 Å². The number of allylic oxidation sites excluding steroid dienone is 2. The van der Waals surface area contributed by atoms with E-state index in [0.29, 0.717) is 39.3 Å². The van der Waals surface area contributed by atoms with E-state index in [2.05, 4.69) is 27.8 Å². The van der Waals surface area contributed by atoms with Gasteiger partial charge in [0, 0.05) is 51.0 Å². The number of thiazole rings is 1. The van der Waals surface area contributed by atoms with Crippen molar-refractivity contribution in [3.05, 3.63) is 65.3 Å². The summed E-state index contributed by atoms with van der Waals surface area (Å²) in [6, 6.07) is 6.12. The number of rotatable bonds is 17. The maximum absolute atomic E-state index is 14.1. The normalized spacial score (nSPS) is 18.9. The van der Waals surface area contributed by atoms with E-state index in [4.69, 9.17) is 15.2 Å². The molecule has 14 heteroatoms. The molecule has 0 saturated carbocycles. The summed E-state index contributed by atoms with van der Waals surface area (Å²) in [5.74, 6) is -1.05. The van der Waals surface area contributed by atoms with Crippen LogP contribution in [0.2, 0.25) is 0 Å². The van der Waals surface area contributed by atoms with Crippen LogP contribution in [0.1, 0.15) is 84.9 Å². The van der Waals surface area contributed by atoms with E-state index in [0.717, 1.165) is 34.5 Å². The summed E-state index contributed by atoms with van der Waals surface area (Å²) in [6.07, 6.45) is 9.19. The van der Waals surface area contributed by atoms with Gasteiger partial charge in [0.05, 0.1) is 35.4 Å². The molecule has 1 aromatic heterocycles. The van der Waals surface area contributed by atoms with Crippen molar-refractivity contribution < 1.29 is 33.8 Å². The zero-order chi connectivity index (χ0) is 41.1. The first kappa shape index (κ1) is 44.6. The second kappa shape index (κ2) is 19.8. The van der Waals surface area contributed by atoms with Gasteiger partial charge in [0.2, 0.25) is 17.7 Å². The van der Waals surface area contributed by atoms with Gasteiger partial charge in [0.1, 0.15) is 17.7 Å².